The number of aliphatic hydroxyl groups excluding tert-OH is 3. The fourth-order valence-corrected chi connectivity index (χ4v) is 8.76. The molecule has 8 rings (SSSR count). The molecule has 0 amide bonds. The van der Waals surface area contributed by atoms with Gasteiger partial charge in [0.2, 0.25) is 18.2 Å². The van der Waals surface area contributed by atoms with Gasteiger partial charge in [-0.25, -0.2) is 9.59 Å². The summed E-state index contributed by atoms with van der Waals surface area (Å²) in [6.07, 6.45) is -15.3. The van der Waals surface area contributed by atoms with Crippen molar-refractivity contribution in [2.75, 3.05) is 31.3 Å². The predicted molar refractivity (Wildman–Crippen MR) is 238 cm³/mol. The normalized spacial score (nSPS) is 22.2. The zero-order valence-electron chi connectivity index (χ0n) is 35.0. The van der Waals surface area contributed by atoms with E-state index >= 15 is 0 Å². The Morgan fingerprint density at radius 2 is 1.06 bits per heavy atom. The number of aliphatic hydroxyl groups is 3. The number of hydrogen-bond acceptors (Lipinski definition) is 24. The van der Waals surface area contributed by atoms with Crippen LogP contribution in [0.1, 0.15) is 33.2 Å². The fraction of sp³-hybridized carbons (Fsp3) is 0.314. The second kappa shape index (κ2) is 22.2. The topological polar surface area (TPSA) is 488 Å². The molecule has 0 unspecified atom stereocenters. The van der Waals surface area contributed by atoms with Crippen molar-refractivity contribution in [3.05, 3.63) is 112 Å². The number of hydrogen-bond donors (Lipinski definition) is 12. The number of nitrogens with two attached hydrogens (primary N) is 2. The molecule has 2 saturated heterocycles. The molecule has 374 valence electrons. The zero-order chi connectivity index (χ0) is 49.8. The van der Waals surface area contributed by atoms with Crippen molar-refractivity contribution in [2.45, 2.75) is 49.5 Å². The third-order valence-electron chi connectivity index (χ3n) is 9.15. The quantitative estimate of drug-likeness (QED) is 0.0486. The van der Waals surface area contributed by atoms with Crippen LogP contribution in [0.5, 0.6) is 0 Å². The summed E-state index contributed by atoms with van der Waals surface area (Å²) in [6, 6.07) is 15.4. The van der Waals surface area contributed by atoms with Crippen LogP contribution in [0.3, 0.4) is 0 Å². The third kappa shape index (κ3) is 12.5. The van der Waals surface area contributed by atoms with Gasteiger partial charge in [0, 0.05) is 7.11 Å². The van der Waals surface area contributed by atoms with Crippen molar-refractivity contribution in [1.29, 1.82) is 0 Å². The number of benzene rings is 2. The summed E-state index contributed by atoms with van der Waals surface area (Å²) in [6.45, 7) is 0. The highest BCUT2D eigenvalue weighted by Gasteiger charge is 2.53. The first-order valence-corrected chi connectivity index (χ1v) is 24.1. The smallest absolute Gasteiger partial charge is 0.351 e. The van der Waals surface area contributed by atoms with Crippen LogP contribution in [-0.2, 0) is 37.6 Å². The van der Waals surface area contributed by atoms with E-state index in [1.165, 1.54) is 24.3 Å². The Kier molecular flexibility index (Phi) is 17.4. The van der Waals surface area contributed by atoms with E-state index in [9.17, 15) is 57.9 Å². The molecule has 0 spiro atoms. The number of nitrogens with one attached hydrogen (secondary N) is 2. The third-order valence-corrected chi connectivity index (χ3v) is 12.0. The number of thiazole rings is 2. The van der Waals surface area contributed by atoms with Gasteiger partial charge < -0.3 is 80.9 Å². The van der Waals surface area contributed by atoms with Crippen molar-refractivity contribution in [3.63, 3.8) is 0 Å². The van der Waals surface area contributed by atoms with Gasteiger partial charge in [0.25, 0.3) is 11.1 Å². The zero-order valence-corrected chi connectivity index (χ0v) is 38.4. The lowest BCUT2D eigenvalue weighted by Crippen LogP contribution is -2.41. The monoisotopic (exact) mass is 1050 g/mol. The minimum atomic E-state index is -4.76. The van der Waals surface area contributed by atoms with E-state index in [1.807, 2.05) is 0 Å². The summed E-state index contributed by atoms with van der Waals surface area (Å²) in [5.74, 6) is -2.41. The molecule has 16 N–H and O–H groups in total. The van der Waals surface area contributed by atoms with Gasteiger partial charge in [-0.15, -0.1) is 0 Å². The number of aromatic nitrogens is 6. The highest BCUT2D eigenvalue weighted by atomic mass is 32.1. The Labute approximate surface area is 391 Å². The van der Waals surface area contributed by atoms with Gasteiger partial charge in [0.1, 0.15) is 21.6 Å². The molecule has 4 aromatic heterocycles. The average Bonchev–Trinajstić information content (AvgIpc) is 3.99. The number of carbonyl (C=O) groups is 2. The molecule has 69 heavy (non-hydrogen) atoms. The van der Waals surface area contributed by atoms with E-state index in [0.29, 0.717) is 22.7 Å². The van der Waals surface area contributed by atoms with Gasteiger partial charge >= 0.3 is 36.9 Å². The number of nitrogen functional groups attached to an aromatic ring is 2. The minimum absolute atomic E-state index is 0. The van der Waals surface area contributed by atoms with Crippen LogP contribution < -0.4 is 38.5 Å². The molecule has 30 nitrogen and oxygen atoms in total. The second-order valence-corrected chi connectivity index (χ2v) is 18.9. The standard InChI is InChI=1S/C24H21N4O11PS.C10H13N4O9PS.CH4O.H3N/c25-23-26-17-16(18(29)27-23)41-24(32)28(17)19-14(37-20(30)12-7-3-1-4-8-12)15(22(39-19)36-11-40(33,34)35)38-21(31)13-9-5-2-6-10-13;11-9-12-5-4(6(17)13-9)25-10(18)14(5)7-2(15)3(16)8(23-7)22-1-24(19,20)21;1-2;/h1-10,14-15,19,22H,11H2,(H2,33,34,35)(H3,25,26,27,29);2-3,7-8,15-16H,1H2,(H2,19,20,21)(H3,11,12,13,17);2H,1H3;1H3/t14-,15+,19-,22+;2-,3+,7-,8+;;/m11../s1. The summed E-state index contributed by atoms with van der Waals surface area (Å²) in [5.41, 5.74) is 9.56. The summed E-state index contributed by atoms with van der Waals surface area (Å²) in [7, 11) is -8.31. The Morgan fingerprint density at radius 3 is 1.49 bits per heavy atom. The highest BCUT2D eigenvalue weighted by molar-refractivity contribution is 7.51. The lowest BCUT2D eigenvalue weighted by Gasteiger charge is -2.24. The Balaban J connectivity index is 0.000000272. The molecule has 0 bridgehead atoms. The van der Waals surface area contributed by atoms with Crippen LogP contribution in [0.2, 0.25) is 0 Å². The summed E-state index contributed by atoms with van der Waals surface area (Å²) in [4.78, 5) is 123. The molecular formula is C35H41N9O21P2S2. The van der Waals surface area contributed by atoms with Gasteiger partial charge in [0.05, 0.1) is 11.1 Å². The van der Waals surface area contributed by atoms with Crippen LogP contribution in [-0.4, -0.2) is 133 Å². The van der Waals surface area contributed by atoms with Gasteiger partial charge in [-0.2, -0.15) is 9.97 Å². The fourth-order valence-electron chi connectivity index (χ4n) is 6.39. The van der Waals surface area contributed by atoms with Crippen LogP contribution >= 0.6 is 37.9 Å². The van der Waals surface area contributed by atoms with Crippen LogP contribution in [0.15, 0.2) is 79.8 Å². The first-order valence-electron chi connectivity index (χ1n) is 18.9. The van der Waals surface area contributed by atoms with Gasteiger partial charge in [-0.3, -0.25) is 47.4 Å². The maximum absolute atomic E-state index is 13.1. The molecule has 0 radical (unpaired) electrons. The molecule has 0 saturated carbocycles. The Morgan fingerprint density at radius 1 is 0.667 bits per heavy atom. The first-order chi connectivity index (χ1) is 32.1. The van der Waals surface area contributed by atoms with E-state index < -0.39 is 110 Å². The number of H-pyrrole nitrogens is 2. The van der Waals surface area contributed by atoms with Gasteiger partial charge in [-0.05, 0) is 24.3 Å². The van der Waals surface area contributed by atoms with Crippen LogP contribution in [0.25, 0.3) is 20.7 Å². The highest BCUT2D eigenvalue weighted by Crippen LogP contribution is 2.41. The van der Waals surface area contributed by atoms with E-state index in [4.69, 9.17) is 54.8 Å². The van der Waals surface area contributed by atoms with E-state index in [-0.39, 0.29) is 49.9 Å². The number of fused-ring (bicyclic) bond motifs is 2. The number of aromatic amines is 2. The molecule has 2 fully saturated rings. The maximum Gasteiger partial charge on any atom is 0.351 e. The SMILES string of the molecule is CO.N.Nc1nc2c(sc(=O)n2[C@@H]2O[C@H](OCP(=O)(O)O)[C@@H](O)[C@H]2O)c(=O)[nH]1.Nc1nc2c(sc(=O)n2[C@@H]2O[C@H](OCP(=O)(O)O)[C@@H](OC(=O)c3ccccc3)[C@H]2OC(=O)c2ccccc2)c(=O)[nH]1. The Hall–Kier alpha value is -5.90. The molecule has 6 heterocycles. The lowest BCUT2D eigenvalue weighted by molar-refractivity contribution is -0.168. The van der Waals surface area contributed by atoms with Crippen molar-refractivity contribution in [1.82, 2.24) is 35.2 Å². The number of anilines is 2. The van der Waals surface area contributed by atoms with E-state index in [1.54, 1.807) is 36.4 Å². The predicted octanol–water partition coefficient (Wildman–Crippen LogP) is -1.59. The summed E-state index contributed by atoms with van der Waals surface area (Å²) in [5, 5.41) is 27.0. The van der Waals surface area contributed by atoms with Gasteiger partial charge in [-0.1, -0.05) is 59.1 Å². The number of carbonyl (C=O) groups excluding carboxylic acids is 2. The van der Waals surface area contributed by atoms with Crippen molar-refractivity contribution < 1.29 is 82.0 Å². The number of esters is 2. The summed E-state index contributed by atoms with van der Waals surface area (Å²) >= 11 is 1.03. The molecular weight excluding hydrogens is 1010 g/mol. The molecule has 34 heteroatoms. The molecule has 6 aromatic rings. The summed E-state index contributed by atoms with van der Waals surface area (Å²) < 4.78 is 56.3. The first kappa shape index (κ1) is 54.0. The number of ether oxygens (including phenoxy) is 6. The number of nitrogens with zero attached hydrogens (tertiary/aromatic N) is 4. The van der Waals surface area contributed by atoms with Crippen LogP contribution in [0, 0.1) is 0 Å². The van der Waals surface area contributed by atoms with Crippen LogP contribution in [0.4, 0.5) is 11.9 Å². The Bertz CT molecular complexity index is 3120. The molecule has 2 aliphatic heterocycles. The minimum Gasteiger partial charge on any atom is -0.450 e. The van der Waals surface area contributed by atoms with Crippen molar-refractivity contribution >= 4 is 82.4 Å². The molecule has 8 atom stereocenters. The van der Waals surface area contributed by atoms with Gasteiger partial charge in [0.15, 0.2) is 54.9 Å². The molecule has 0 aliphatic carbocycles. The number of rotatable bonds is 12. The molecule has 2 aromatic carbocycles. The molecule has 2 aliphatic rings. The van der Waals surface area contributed by atoms with E-state index in [0.717, 1.165) is 16.2 Å². The lowest BCUT2D eigenvalue weighted by atomic mass is 10.1. The van der Waals surface area contributed by atoms with Crippen molar-refractivity contribution in [2.24, 2.45) is 0 Å². The largest absolute Gasteiger partial charge is 0.450 e. The average molecular weight is 1050 g/mol. The van der Waals surface area contributed by atoms with E-state index in [2.05, 4.69) is 19.9 Å². The second-order valence-electron chi connectivity index (χ2n) is 13.8. The maximum atomic E-state index is 13.1. The van der Waals surface area contributed by atoms with Crippen molar-refractivity contribution in [3.8, 4) is 0 Å².